The third-order valence-electron chi connectivity index (χ3n) is 1.63. The molecule has 0 fully saturated rings. The molecule has 1 N–H and O–H groups in total. The summed E-state index contributed by atoms with van der Waals surface area (Å²) in [4.78, 5) is 4.10. The summed E-state index contributed by atoms with van der Waals surface area (Å²) in [6, 6.07) is 3.92. The summed E-state index contributed by atoms with van der Waals surface area (Å²) >= 11 is 3.35. The Bertz CT molecular complexity index is 255. The summed E-state index contributed by atoms with van der Waals surface area (Å²) in [6.07, 6.45) is 1.73. The van der Waals surface area contributed by atoms with E-state index in [2.05, 4.69) is 26.2 Å². The van der Waals surface area contributed by atoms with Crippen molar-refractivity contribution in [2.45, 2.75) is 6.54 Å². The van der Waals surface area contributed by atoms with Gasteiger partial charge >= 0.3 is 0 Å². The lowest BCUT2D eigenvalue weighted by atomic mass is 10.2. The van der Waals surface area contributed by atoms with E-state index in [1.807, 2.05) is 12.1 Å². The lowest BCUT2D eigenvalue weighted by molar-refractivity contribution is 0.391. The molecule has 1 heterocycles. The molecule has 0 bridgehead atoms. The van der Waals surface area contributed by atoms with Gasteiger partial charge in [0.25, 0.3) is 0 Å². The Morgan fingerprint density at radius 1 is 1.62 bits per heavy atom. The Hall–Kier alpha value is -0.610. The first-order valence-corrected chi connectivity index (χ1v) is 5.25. The molecule has 1 aromatic heterocycles. The van der Waals surface area contributed by atoms with Gasteiger partial charge in [0, 0.05) is 30.2 Å². The molecule has 0 spiro atoms. The molecular weight excluding hydrogens is 232 g/mol. The highest BCUT2D eigenvalue weighted by molar-refractivity contribution is 9.09. The second-order valence-corrected chi connectivity index (χ2v) is 3.33. The van der Waals surface area contributed by atoms with Gasteiger partial charge in [-0.2, -0.15) is 0 Å². The fraction of sp³-hybridized carbons (Fsp3) is 0.444. The number of rotatable bonds is 5. The van der Waals surface area contributed by atoms with Crippen molar-refractivity contribution in [3.63, 3.8) is 0 Å². The van der Waals surface area contributed by atoms with Crippen molar-refractivity contribution in [2.24, 2.45) is 0 Å². The first kappa shape index (κ1) is 10.5. The second-order valence-electron chi connectivity index (χ2n) is 2.54. The van der Waals surface area contributed by atoms with Crippen LogP contribution < -0.4 is 10.1 Å². The third kappa shape index (κ3) is 3.32. The largest absolute Gasteiger partial charge is 0.481 e. The molecule has 3 nitrogen and oxygen atoms in total. The first-order chi connectivity index (χ1) is 6.38. The summed E-state index contributed by atoms with van der Waals surface area (Å²) in [5, 5.41) is 4.21. The van der Waals surface area contributed by atoms with Crippen molar-refractivity contribution in [1.29, 1.82) is 0 Å². The van der Waals surface area contributed by atoms with Crippen molar-refractivity contribution in [3.05, 3.63) is 23.9 Å². The smallest absolute Gasteiger partial charge is 0.217 e. The van der Waals surface area contributed by atoms with Crippen LogP contribution in [0.3, 0.4) is 0 Å². The SMILES string of the molecule is COc1ncccc1CNCCBr. The van der Waals surface area contributed by atoms with Gasteiger partial charge < -0.3 is 10.1 Å². The maximum atomic E-state index is 5.11. The van der Waals surface area contributed by atoms with Crippen molar-refractivity contribution < 1.29 is 4.74 Å². The fourth-order valence-corrected chi connectivity index (χ4v) is 1.31. The van der Waals surface area contributed by atoms with Crippen LogP contribution in [0.25, 0.3) is 0 Å². The molecule has 0 aliphatic rings. The zero-order valence-electron chi connectivity index (χ0n) is 7.59. The number of pyridine rings is 1. The van der Waals surface area contributed by atoms with Gasteiger partial charge in [0.2, 0.25) is 5.88 Å². The predicted octanol–water partition coefficient (Wildman–Crippen LogP) is 1.57. The second kappa shape index (κ2) is 5.94. The van der Waals surface area contributed by atoms with E-state index in [1.54, 1.807) is 13.3 Å². The maximum Gasteiger partial charge on any atom is 0.217 e. The van der Waals surface area contributed by atoms with Gasteiger partial charge in [0.05, 0.1) is 7.11 Å². The highest BCUT2D eigenvalue weighted by atomic mass is 79.9. The molecule has 0 saturated carbocycles. The van der Waals surface area contributed by atoms with Crippen molar-refractivity contribution >= 4 is 15.9 Å². The highest BCUT2D eigenvalue weighted by Crippen LogP contribution is 2.12. The summed E-state index contributed by atoms with van der Waals surface area (Å²) in [7, 11) is 1.64. The van der Waals surface area contributed by atoms with E-state index in [4.69, 9.17) is 4.74 Å². The normalized spacial score (nSPS) is 10.0. The van der Waals surface area contributed by atoms with Crippen LogP contribution in [0.15, 0.2) is 18.3 Å². The molecule has 1 aromatic rings. The van der Waals surface area contributed by atoms with E-state index in [9.17, 15) is 0 Å². The molecule has 4 heteroatoms. The van der Waals surface area contributed by atoms with Gasteiger partial charge in [0.15, 0.2) is 0 Å². The molecule has 0 unspecified atom stereocenters. The summed E-state index contributed by atoms with van der Waals surface area (Å²) < 4.78 is 5.11. The van der Waals surface area contributed by atoms with Crippen LogP contribution in [0.5, 0.6) is 5.88 Å². The van der Waals surface area contributed by atoms with E-state index >= 15 is 0 Å². The molecule has 0 amide bonds. The van der Waals surface area contributed by atoms with Crippen molar-refractivity contribution in [3.8, 4) is 5.88 Å². The molecule has 0 aliphatic heterocycles. The van der Waals surface area contributed by atoms with Crippen LogP contribution >= 0.6 is 15.9 Å². The summed E-state index contributed by atoms with van der Waals surface area (Å²) in [5.41, 5.74) is 1.09. The third-order valence-corrected chi connectivity index (χ3v) is 2.03. The Balaban J connectivity index is 2.54. The van der Waals surface area contributed by atoms with Crippen LogP contribution in [0.1, 0.15) is 5.56 Å². The number of nitrogens with one attached hydrogen (secondary N) is 1. The Morgan fingerprint density at radius 2 is 2.46 bits per heavy atom. The number of aromatic nitrogens is 1. The van der Waals surface area contributed by atoms with Gasteiger partial charge in [-0.1, -0.05) is 22.0 Å². The number of hydrogen-bond donors (Lipinski definition) is 1. The molecule has 0 aliphatic carbocycles. The molecular formula is C9H13BrN2O. The minimum atomic E-state index is 0.699. The highest BCUT2D eigenvalue weighted by Gasteiger charge is 2.00. The molecule has 0 saturated heterocycles. The quantitative estimate of drug-likeness (QED) is 0.631. The molecule has 0 aromatic carbocycles. The molecule has 1 rings (SSSR count). The van der Waals surface area contributed by atoms with E-state index in [0.717, 1.165) is 24.0 Å². The lowest BCUT2D eigenvalue weighted by Gasteiger charge is -2.06. The topological polar surface area (TPSA) is 34.1 Å². The minimum absolute atomic E-state index is 0.699. The van der Waals surface area contributed by atoms with Crippen LogP contribution in [-0.4, -0.2) is 24.0 Å². The number of hydrogen-bond acceptors (Lipinski definition) is 3. The molecule has 0 radical (unpaired) electrons. The van der Waals surface area contributed by atoms with Gasteiger partial charge in [-0.25, -0.2) is 4.98 Å². The van der Waals surface area contributed by atoms with Gasteiger partial charge in [-0.3, -0.25) is 0 Å². The summed E-state index contributed by atoms with van der Waals surface area (Å²) in [5.74, 6) is 0.699. The minimum Gasteiger partial charge on any atom is -0.481 e. The van der Waals surface area contributed by atoms with E-state index in [-0.39, 0.29) is 0 Å². The fourth-order valence-electron chi connectivity index (χ4n) is 1.03. The van der Waals surface area contributed by atoms with E-state index < -0.39 is 0 Å². The van der Waals surface area contributed by atoms with Crippen molar-refractivity contribution in [2.75, 3.05) is 19.0 Å². The first-order valence-electron chi connectivity index (χ1n) is 4.13. The van der Waals surface area contributed by atoms with Gasteiger partial charge in [0.1, 0.15) is 0 Å². The number of ether oxygens (including phenoxy) is 1. The Morgan fingerprint density at radius 3 is 3.15 bits per heavy atom. The molecule has 0 atom stereocenters. The average Bonchev–Trinajstić information content (AvgIpc) is 2.19. The number of nitrogens with zero attached hydrogens (tertiary/aromatic N) is 1. The Labute approximate surface area is 86.6 Å². The lowest BCUT2D eigenvalue weighted by Crippen LogP contribution is -2.16. The number of methoxy groups -OCH3 is 1. The zero-order valence-corrected chi connectivity index (χ0v) is 9.17. The van der Waals surface area contributed by atoms with Crippen LogP contribution in [-0.2, 0) is 6.54 Å². The average molecular weight is 245 g/mol. The maximum absolute atomic E-state index is 5.11. The van der Waals surface area contributed by atoms with Crippen molar-refractivity contribution in [1.82, 2.24) is 10.3 Å². The molecule has 72 valence electrons. The number of alkyl halides is 1. The van der Waals surface area contributed by atoms with Gasteiger partial charge in [-0.05, 0) is 6.07 Å². The zero-order chi connectivity index (χ0) is 9.52. The Kier molecular flexibility index (Phi) is 4.78. The number of halogens is 1. The predicted molar refractivity (Wildman–Crippen MR) is 56.3 cm³/mol. The van der Waals surface area contributed by atoms with E-state index in [0.29, 0.717) is 5.88 Å². The van der Waals surface area contributed by atoms with E-state index in [1.165, 1.54) is 0 Å². The van der Waals surface area contributed by atoms with Gasteiger partial charge in [-0.15, -0.1) is 0 Å². The van der Waals surface area contributed by atoms with Crippen LogP contribution in [0.4, 0.5) is 0 Å². The monoisotopic (exact) mass is 244 g/mol. The van der Waals surface area contributed by atoms with Crippen LogP contribution in [0, 0.1) is 0 Å². The summed E-state index contributed by atoms with van der Waals surface area (Å²) in [6.45, 7) is 1.74. The molecule has 13 heavy (non-hydrogen) atoms. The standard InChI is InChI=1S/C9H13BrN2O/c1-13-9-8(3-2-5-12-9)7-11-6-4-10/h2-3,5,11H,4,6-7H2,1H3. The van der Waals surface area contributed by atoms with Crippen LogP contribution in [0.2, 0.25) is 0 Å².